The molecule has 1 heterocycles. The van der Waals surface area contributed by atoms with Crippen LogP contribution in [0.4, 0.5) is 11.4 Å². The summed E-state index contributed by atoms with van der Waals surface area (Å²) in [7, 11) is 0. The third-order valence-corrected chi connectivity index (χ3v) is 12.8. The molecule has 0 aromatic heterocycles. The fraction of sp³-hybridized carbons (Fsp3) is 0.352. The number of hydrogen-bond donors (Lipinski definition) is 0. The maximum atomic E-state index is 14.4. The number of rotatable bonds is 20. The molecule has 10 heteroatoms. The second-order valence-electron chi connectivity index (χ2n) is 16.8. The van der Waals surface area contributed by atoms with E-state index in [0.29, 0.717) is 5.56 Å². The highest BCUT2D eigenvalue weighted by molar-refractivity contribution is 6.53. The van der Waals surface area contributed by atoms with Crippen molar-refractivity contribution < 1.29 is 19.0 Å². The topological polar surface area (TPSA) is 51.2 Å². The average molecular weight is 943 g/mol. The quantitative estimate of drug-likeness (QED) is 0.0440. The van der Waals surface area contributed by atoms with Gasteiger partial charge in [-0.3, -0.25) is 0 Å². The van der Waals surface area contributed by atoms with E-state index < -0.39 is 11.6 Å². The predicted molar refractivity (Wildman–Crippen MR) is 271 cm³/mol. The Bertz CT molecular complexity index is 2290. The Labute approximate surface area is 400 Å². The summed E-state index contributed by atoms with van der Waals surface area (Å²) < 4.78 is 18.8. The van der Waals surface area contributed by atoms with E-state index in [9.17, 15) is 4.79 Å². The van der Waals surface area contributed by atoms with E-state index in [0.717, 1.165) is 108 Å². The Balaban J connectivity index is 1.69. The molecule has 6 nitrogen and oxygen atoms in total. The first-order valence-electron chi connectivity index (χ1n) is 22.5. The van der Waals surface area contributed by atoms with E-state index in [-0.39, 0.29) is 37.9 Å². The first-order chi connectivity index (χ1) is 30.7. The number of fused-ring (bicyclic) bond motifs is 1. The standard InChI is InChI=1S/C54H60Cl4N2O4/c1-9-29-59(30-10-2)41-21-13-37(14-22-41)45(39-17-25-43(26-18-39)62-35(5)6)33-54(48-47(53(61)64-54)49(55)51(57)52(58)50(48)56)34-46(40-19-27-44(28-20-40)63-36(7)8)38-15-23-42(24-16-38)60(31-11-3)32-12-4/h13-28,33-36H,9-12,29-32H2,1-8H3. The molecule has 0 atom stereocenters. The monoisotopic (exact) mass is 940 g/mol. The molecule has 1 aliphatic heterocycles. The summed E-state index contributed by atoms with van der Waals surface area (Å²) in [5.74, 6) is 0.792. The number of benzene rings is 5. The van der Waals surface area contributed by atoms with Gasteiger partial charge in [0.1, 0.15) is 11.5 Å². The Kier molecular flexibility index (Phi) is 16.8. The summed E-state index contributed by atoms with van der Waals surface area (Å²) in [4.78, 5) is 19.2. The third-order valence-electron chi connectivity index (χ3n) is 11.0. The number of nitrogens with zero attached hydrogens (tertiary/aromatic N) is 2. The minimum absolute atomic E-state index is 0.00582. The van der Waals surface area contributed by atoms with Crippen LogP contribution in [-0.4, -0.2) is 44.4 Å². The molecule has 0 saturated carbocycles. The Morgan fingerprint density at radius 3 is 1.19 bits per heavy atom. The van der Waals surface area contributed by atoms with Gasteiger partial charge in [-0.05, 0) is 147 Å². The number of esters is 1. The zero-order chi connectivity index (χ0) is 46.1. The molecule has 5 aromatic carbocycles. The highest BCUT2D eigenvalue weighted by Crippen LogP contribution is 2.53. The number of halogens is 4. The first kappa shape index (κ1) is 48.9. The largest absolute Gasteiger partial charge is 0.491 e. The van der Waals surface area contributed by atoms with Crippen LogP contribution in [-0.2, 0) is 10.3 Å². The van der Waals surface area contributed by atoms with Gasteiger partial charge in [-0.2, -0.15) is 0 Å². The van der Waals surface area contributed by atoms with E-state index in [2.05, 4.69) is 86.0 Å². The minimum atomic E-state index is -1.66. The molecule has 0 radical (unpaired) electrons. The summed E-state index contributed by atoms with van der Waals surface area (Å²) in [5, 5.41) is 0.0477. The van der Waals surface area contributed by atoms with E-state index in [1.807, 2.05) is 88.4 Å². The second kappa shape index (κ2) is 22.1. The molecule has 0 spiro atoms. The van der Waals surface area contributed by atoms with Gasteiger partial charge in [-0.15, -0.1) is 0 Å². The molecular formula is C54H60Cl4N2O4. The lowest BCUT2D eigenvalue weighted by atomic mass is 9.83. The molecule has 0 saturated heterocycles. The summed E-state index contributed by atoms with van der Waals surface area (Å²) in [6, 6.07) is 32.9. The van der Waals surface area contributed by atoms with Gasteiger partial charge in [0, 0.05) is 43.1 Å². The fourth-order valence-electron chi connectivity index (χ4n) is 8.28. The number of ether oxygens (including phenoxy) is 3. The molecule has 0 N–H and O–H groups in total. The van der Waals surface area contributed by atoms with Gasteiger partial charge in [0.15, 0.2) is 5.60 Å². The lowest BCUT2D eigenvalue weighted by Gasteiger charge is -2.28. The van der Waals surface area contributed by atoms with Crippen LogP contribution in [0, 0.1) is 0 Å². The molecule has 0 aliphatic carbocycles. The van der Waals surface area contributed by atoms with Gasteiger partial charge in [0.05, 0.1) is 37.9 Å². The second-order valence-corrected chi connectivity index (χ2v) is 18.3. The third kappa shape index (κ3) is 11.1. The van der Waals surface area contributed by atoms with Crippen molar-refractivity contribution in [3.63, 3.8) is 0 Å². The van der Waals surface area contributed by atoms with Gasteiger partial charge >= 0.3 is 5.97 Å². The summed E-state index contributed by atoms with van der Waals surface area (Å²) in [5.41, 5.74) is 6.01. The molecule has 6 rings (SSSR count). The average Bonchev–Trinajstić information content (AvgIpc) is 3.57. The number of carbonyl (C=O) groups excluding carboxylic acids is 1. The molecule has 338 valence electrons. The molecule has 5 aromatic rings. The SMILES string of the molecule is CCCN(CCC)c1ccc(C(=CC2(C=C(c3ccc(OC(C)C)cc3)c3ccc(N(CCC)CCC)cc3)OC(=O)c3c(Cl)c(Cl)c(Cl)c(Cl)c32)c2ccc(OC(C)C)cc2)cc1. The first-order valence-corrected chi connectivity index (χ1v) is 24.0. The molecule has 64 heavy (non-hydrogen) atoms. The lowest BCUT2D eigenvalue weighted by Crippen LogP contribution is -2.25. The van der Waals surface area contributed by atoms with Crippen LogP contribution < -0.4 is 19.3 Å². The van der Waals surface area contributed by atoms with Crippen molar-refractivity contribution in [2.75, 3.05) is 36.0 Å². The Hall–Kier alpha value is -4.59. The van der Waals surface area contributed by atoms with Crippen LogP contribution >= 0.6 is 46.4 Å². The maximum absolute atomic E-state index is 14.4. The van der Waals surface area contributed by atoms with Crippen LogP contribution in [0.15, 0.2) is 109 Å². The fourth-order valence-corrected chi connectivity index (χ4v) is 9.36. The Morgan fingerprint density at radius 2 is 0.859 bits per heavy atom. The van der Waals surface area contributed by atoms with E-state index in [4.69, 9.17) is 60.6 Å². The van der Waals surface area contributed by atoms with Gasteiger partial charge in [-0.25, -0.2) is 4.79 Å². The van der Waals surface area contributed by atoms with Crippen molar-refractivity contribution in [1.29, 1.82) is 0 Å². The van der Waals surface area contributed by atoms with Crippen molar-refractivity contribution in [3.8, 4) is 11.5 Å². The van der Waals surface area contributed by atoms with Gasteiger partial charge in [0.25, 0.3) is 0 Å². The predicted octanol–water partition coefficient (Wildman–Crippen LogP) is 15.8. The summed E-state index contributed by atoms with van der Waals surface area (Å²) >= 11 is 27.8. The van der Waals surface area contributed by atoms with Gasteiger partial charge in [0.2, 0.25) is 0 Å². The van der Waals surface area contributed by atoms with Crippen molar-refractivity contribution in [2.45, 2.75) is 98.9 Å². The van der Waals surface area contributed by atoms with Crippen LogP contribution in [0.25, 0.3) is 11.1 Å². The van der Waals surface area contributed by atoms with Crippen molar-refractivity contribution in [1.82, 2.24) is 0 Å². The summed E-state index contributed by atoms with van der Waals surface area (Å²) in [6.07, 6.45) is 8.02. The van der Waals surface area contributed by atoms with E-state index >= 15 is 0 Å². The van der Waals surface area contributed by atoms with E-state index in [1.54, 1.807) is 0 Å². The van der Waals surface area contributed by atoms with Gasteiger partial charge in [-0.1, -0.05) is 123 Å². The smallest absolute Gasteiger partial charge is 0.341 e. The molecule has 0 amide bonds. The van der Waals surface area contributed by atoms with Crippen LogP contribution in [0.2, 0.25) is 20.1 Å². The van der Waals surface area contributed by atoms with Crippen molar-refractivity contribution in [2.24, 2.45) is 0 Å². The highest BCUT2D eigenvalue weighted by Gasteiger charge is 2.48. The summed E-state index contributed by atoms with van der Waals surface area (Å²) in [6.45, 7) is 20.5. The number of hydrogen-bond acceptors (Lipinski definition) is 6. The highest BCUT2D eigenvalue weighted by atomic mass is 35.5. The van der Waals surface area contributed by atoms with Crippen LogP contribution in [0.5, 0.6) is 11.5 Å². The normalized spacial score (nSPS) is 15.1. The van der Waals surface area contributed by atoms with E-state index in [1.165, 1.54) is 0 Å². The number of carbonyl (C=O) groups is 1. The maximum Gasteiger partial charge on any atom is 0.341 e. The lowest BCUT2D eigenvalue weighted by molar-refractivity contribution is 0.0300. The van der Waals surface area contributed by atoms with Crippen molar-refractivity contribution in [3.05, 3.63) is 163 Å². The molecule has 0 bridgehead atoms. The number of anilines is 2. The molecular weight excluding hydrogens is 882 g/mol. The van der Waals surface area contributed by atoms with Crippen LogP contribution in [0.3, 0.4) is 0 Å². The minimum Gasteiger partial charge on any atom is -0.491 e. The molecule has 0 unspecified atom stereocenters. The zero-order valence-corrected chi connectivity index (χ0v) is 41.3. The Morgan fingerprint density at radius 1 is 0.531 bits per heavy atom. The molecule has 0 fully saturated rings. The van der Waals surface area contributed by atoms with Gasteiger partial charge < -0.3 is 24.0 Å². The van der Waals surface area contributed by atoms with Crippen LogP contribution in [0.1, 0.15) is 119 Å². The number of cyclic esters (lactones) is 1. The zero-order valence-electron chi connectivity index (χ0n) is 38.2. The van der Waals surface area contributed by atoms with Crippen molar-refractivity contribution >= 4 is 74.9 Å². The molecule has 1 aliphatic rings.